The van der Waals surface area contributed by atoms with Crippen LogP contribution in [0.5, 0.6) is 0 Å². The maximum atomic E-state index is 13.7. The lowest BCUT2D eigenvalue weighted by Crippen LogP contribution is -2.36. The Kier molecular flexibility index (Phi) is 11.0. The summed E-state index contributed by atoms with van der Waals surface area (Å²) < 4.78 is 0. The lowest BCUT2D eigenvalue weighted by molar-refractivity contribution is -0.114. The van der Waals surface area contributed by atoms with Gasteiger partial charge in [-0.05, 0) is 79.9 Å². The number of nitrogens with zero attached hydrogens (tertiary/aromatic N) is 2. The molecular weight excluding hydrogens is 514 g/mol. The third-order valence-electron chi connectivity index (χ3n) is 7.26. The quantitative estimate of drug-likeness (QED) is 0.225. The number of hydrogen-bond acceptors (Lipinski definition) is 4. The number of rotatable bonds is 13. The first-order chi connectivity index (χ1) is 19.5. The van der Waals surface area contributed by atoms with E-state index in [1.54, 1.807) is 0 Å². The topological polar surface area (TPSA) is 52.7 Å². The van der Waals surface area contributed by atoms with Crippen LogP contribution < -0.4 is 10.2 Å². The summed E-state index contributed by atoms with van der Waals surface area (Å²) in [6.45, 7) is 10.7. The van der Waals surface area contributed by atoms with Crippen LogP contribution in [0.3, 0.4) is 0 Å². The van der Waals surface area contributed by atoms with Gasteiger partial charge in [0.05, 0.1) is 17.1 Å². The minimum absolute atomic E-state index is 0.00975. The maximum Gasteiger partial charge on any atom is 0.265 e. The third kappa shape index (κ3) is 7.86. The number of anilines is 1. The zero-order valence-corrected chi connectivity index (χ0v) is 24.8. The van der Waals surface area contributed by atoms with E-state index in [-0.39, 0.29) is 11.8 Å². The van der Waals surface area contributed by atoms with E-state index >= 15 is 0 Å². The molecule has 0 radical (unpaired) electrons. The SMILES string of the molecule is CCCCN(CCCC)CCNC(=O)c1ccc(C=C2Sc3ccccc3N(Cc3ccccc3C)C2=O)cc1. The molecule has 2 amide bonds. The summed E-state index contributed by atoms with van der Waals surface area (Å²) in [4.78, 5) is 32.5. The second kappa shape index (κ2) is 14.9. The number of benzene rings is 3. The third-order valence-corrected chi connectivity index (χ3v) is 8.34. The van der Waals surface area contributed by atoms with Crippen LogP contribution in [-0.2, 0) is 11.3 Å². The van der Waals surface area contributed by atoms with Crippen molar-refractivity contribution in [3.63, 3.8) is 0 Å². The van der Waals surface area contributed by atoms with Gasteiger partial charge in [-0.1, -0.05) is 87.0 Å². The van der Waals surface area contributed by atoms with Crippen LogP contribution in [0.2, 0.25) is 0 Å². The Hall–Kier alpha value is -3.35. The summed E-state index contributed by atoms with van der Waals surface area (Å²) >= 11 is 1.50. The molecule has 6 heteroatoms. The first kappa shape index (κ1) is 29.6. The van der Waals surface area contributed by atoms with Crippen LogP contribution in [0.4, 0.5) is 5.69 Å². The van der Waals surface area contributed by atoms with Crippen molar-refractivity contribution in [3.8, 4) is 0 Å². The van der Waals surface area contributed by atoms with Gasteiger partial charge in [-0.3, -0.25) is 9.59 Å². The number of aryl methyl sites for hydroxylation is 1. The molecule has 4 rings (SSSR count). The smallest absolute Gasteiger partial charge is 0.265 e. The Balaban J connectivity index is 1.42. The standard InChI is InChI=1S/C34H41N3O2S/c1-4-6-21-36(22-7-5-2)23-20-35-33(38)28-18-16-27(17-19-28)24-32-34(39)37(25-29-13-9-8-12-26(29)3)30-14-10-11-15-31(30)40-32/h8-19,24H,4-7,20-23,25H2,1-3H3,(H,35,38). The lowest BCUT2D eigenvalue weighted by Gasteiger charge is -2.31. The van der Waals surface area contributed by atoms with Gasteiger partial charge < -0.3 is 15.1 Å². The van der Waals surface area contributed by atoms with Gasteiger partial charge in [-0.15, -0.1) is 0 Å². The van der Waals surface area contributed by atoms with Crippen molar-refractivity contribution >= 4 is 35.3 Å². The molecule has 3 aromatic carbocycles. The highest BCUT2D eigenvalue weighted by Gasteiger charge is 2.29. The lowest BCUT2D eigenvalue weighted by atomic mass is 10.1. The average molecular weight is 556 g/mol. The molecule has 0 saturated carbocycles. The molecule has 0 atom stereocenters. The van der Waals surface area contributed by atoms with Crippen LogP contribution in [0.25, 0.3) is 6.08 Å². The minimum Gasteiger partial charge on any atom is -0.351 e. The Morgan fingerprint density at radius 1 is 0.900 bits per heavy atom. The van der Waals surface area contributed by atoms with Crippen molar-refractivity contribution in [2.75, 3.05) is 31.1 Å². The zero-order valence-electron chi connectivity index (χ0n) is 24.0. The highest BCUT2D eigenvalue weighted by molar-refractivity contribution is 8.04. The average Bonchev–Trinajstić information content (AvgIpc) is 2.97. The molecule has 1 N–H and O–H groups in total. The number of nitrogens with one attached hydrogen (secondary N) is 1. The van der Waals surface area contributed by atoms with E-state index < -0.39 is 0 Å². The normalized spacial score (nSPS) is 14.1. The van der Waals surface area contributed by atoms with Crippen molar-refractivity contribution in [2.24, 2.45) is 0 Å². The molecular formula is C34H41N3O2S. The monoisotopic (exact) mass is 555 g/mol. The fraction of sp³-hybridized carbons (Fsp3) is 0.353. The van der Waals surface area contributed by atoms with E-state index in [4.69, 9.17) is 0 Å². The Labute approximate surface area is 243 Å². The maximum absolute atomic E-state index is 13.7. The molecule has 0 fully saturated rings. The molecule has 0 aliphatic carbocycles. The molecule has 1 aliphatic rings. The fourth-order valence-corrected chi connectivity index (χ4v) is 5.85. The number of carbonyl (C=O) groups is 2. The zero-order chi connectivity index (χ0) is 28.3. The Morgan fingerprint density at radius 3 is 2.27 bits per heavy atom. The van der Waals surface area contributed by atoms with Gasteiger partial charge in [0.2, 0.25) is 0 Å². The van der Waals surface area contributed by atoms with E-state index in [9.17, 15) is 9.59 Å². The molecule has 0 aromatic heterocycles. The van der Waals surface area contributed by atoms with Crippen molar-refractivity contribution in [1.29, 1.82) is 0 Å². The summed E-state index contributed by atoms with van der Waals surface area (Å²) in [5, 5.41) is 3.07. The van der Waals surface area contributed by atoms with E-state index in [0.29, 0.717) is 23.6 Å². The van der Waals surface area contributed by atoms with Crippen molar-refractivity contribution in [3.05, 3.63) is 100.0 Å². The molecule has 1 heterocycles. The second-order valence-electron chi connectivity index (χ2n) is 10.3. The van der Waals surface area contributed by atoms with Gasteiger partial charge in [0.25, 0.3) is 11.8 Å². The van der Waals surface area contributed by atoms with Gasteiger partial charge >= 0.3 is 0 Å². The summed E-state index contributed by atoms with van der Waals surface area (Å²) in [6, 6.07) is 23.7. The van der Waals surface area contributed by atoms with Crippen LogP contribution in [0.1, 0.15) is 66.6 Å². The van der Waals surface area contributed by atoms with Gasteiger partial charge in [0, 0.05) is 23.5 Å². The Bertz CT molecular complexity index is 1310. The number of para-hydroxylation sites is 1. The van der Waals surface area contributed by atoms with Gasteiger partial charge in [0.1, 0.15) is 0 Å². The van der Waals surface area contributed by atoms with E-state index in [0.717, 1.165) is 41.3 Å². The Morgan fingerprint density at radius 2 is 1.57 bits per heavy atom. The minimum atomic E-state index is -0.0633. The molecule has 5 nitrogen and oxygen atoms in total. The molecule has 0 saturated heterocycles. The van der Waals surface area contributed by atoms with Crippen molar-refractivity contribution in [2.45, 2.75) is 57.9 Å². The summed E-state index contributed by atoms with van der Waals surface area (Å²) in [5.41, 5.74) is 4.76. The van der Waals surface area contributed by atoms with Crippen molar-refractivity contribution < 1.29 is 9.59 Å². The number of hydrogen-bond donors (Lipinski definition) is 1. The predicted octanol–water partition coefficient (Wildman–Crippen LogP) is 7.31. The number of amides is 2. The first-order valence-electron chi connectivity index (χ1n) is 14.5. The van der Waals surface area contributed by atoms with Crippen LogP contribution in [-0.4, -0.2) is 42.9 Å². The van der Waals surface area contributed by atoms with E-state index in [1.165, 1.54) is 43.0 Å². The van der Waals surface area contributed by atoms with Gasteiger partial charge in [0.15, 0.2) is 0 Å². The fourth-order valence-electron chi connectivity index (χ4n) is 4.79. The van der Waals surface area contributed by atoms with Crippen LogP contribution in [0, 0.1) is 6.92 Å². The molecule has 1 aliphatic heterocycles. The van der Waals surface area contributed by atoms with Crippen LogP contribution in [0.15, 0.2) is 82.6 Å². The molecule has 0 spiro atoms. The summed E-state index contributed by atoms with van der Waals surface area (Å²) in [6.07, 6.45) is 6.65. The molecule has 210 valence electrons. The van der Waals surface area contributed by atoms with Gasteiger partial charge in [-0.25, -0.2) is 0 Å². The second-order valence-corrected chi connectivity index (χ2v) is 11.4. The summed E-state index contributed by atoms with van der Waals surface area (Å²) in [5.74, 6) is -0.0731. The molecule has 0 unspecified atom stereocenters. The molecule has 40 heavy (non-hydrogen) atoms. The number of carbonyl (C=O) groups excluding carboxylic acids is 2. The highest BCUT2D eigenvalue weighted by atomic mass is 32.2. The van der Waals surface area contributed by atoms with E-state index in [1.807, 2.05) is 65.6 Å². The van der Waals surface area contributed by atoms with Crippen molar-refractivity contribution in [1.82, 2.24) is 10.2 Å². The first-order valence-corrected chi connectivity index (χ1v) is 15.3. The van der Waals surface area contributed by atoms with Crippen LogP contribution >= 0.6 is 11.8 Å². The number of unbranched alkanes of at least 4 members (excludes halogenated alkanes) is 2. The number of thioether (sulfide) groups is 1. The number of fused-ring (bicyclic) bond motifs is 1. The summed E-state index contributed by atoms with van der Waals surface area (Å²) in [7, 11) is 0. The molecule has 0 bridgehead atoms. The predicted molar refractivity (Wildman–Crippen MR) is 168 cm³/mol. The largest absolute Gasteiger partial charge is 0.351 e. The van der Waals surface area contributed by atoms with Gasteiger partial charge in [-0.2, -0.15) is 0 Å². The highest BCUT2D eigenvalue weighted by Crippen LogP contribution is 2.42. The molecule has 3 aromatic rings. The van der Waals surface area contributed by atoms with E-state index in [2.05, 4.69) is 49.2 Å².